The standard InChI is InChI=1S/C24H21ClN4O3/c1-14-6-5-9-20(25)22(14)28-24(31)27-21-12-17-8-4-3-7-16(17)11-19(21)23(30)26-13-18-10-15(2)29-32-18/h3-12H,13H2,1-2H3,(H,26,30)(H2,27,28,31). The van der Waals surface area contributed by atoms with Crippen molar-refractivity contribution < 1.29 is 14.1 Å². The molecule has 0 aliphatic heterocycles. The van der Waals surface area contributed by atoms with Gasteiger partial charge < -0.3 is 20.5 Å². The number of rotatable bonds is 5. The summed E-state index contributed by atoms with van der Waals surface area (Å²) in [5.74, 6) is 0.187. The third kappa shape index (κ3) is 4.73. The summed E-state index contributed by atoms with van der Waals surface area (Å²) in [5.41, 5.74) is 2.77. The van der Waals surface area contributed by atoms with Gasteiger partial charge in [0.05, 0.1) is 34.2 Å². The lowest BCUT2D eigenvalue weighted by atomic mass is 10.0. The molecule has 32 heavy (non-hydrogen) atoms. The number of nitrogens with one attached hydrogen (secondary N) is 3. The normalized spacial score (nSPS) is 10.7. The molecule has 4 rings (SSSR count). The fraction of sp³-hybridized carbons (Fsp3) is 0.125. The summed E-state index contributed by atoms with van der Waals surface area (Å²) >= 11 is 6.22. The molecule has 7 nitrogen and oxygen atoms in total. The first-order valence-electron chi connectivity index (χ1n) is 9.97. The number of aryl methyl sites for hydroxylation is 2. The van der Waals surface area contributed by atoms with Crippen LogP contribution in [-0.2, 0) is 6.54 Å². The molecule has 0 unspecified atom stereocenters. The van der Waals surface area contributed by atoms with E-state index < -0.39 is 6.03 Å². The Morgan fingerprint density at radius 3 is 2.41 bits per heavy atom. The maximum Gasteiger partial charge on any atom is 0.323 e. The topological polar surface area (TPSA) is 96.3 Å². The molecule has 0 spiro atoms. The Bertz CT molecular complexity index is 1300. The van der Waals surface area contributed by atoms with Gasteiger partial charge >= 0.3 is 6.03 Å². The van der Waals surface area contributed by atoms with Gasteiger partial charge in [0.15, 0.2) is 5.76 Å². The van der Waals surface area contributed by atoms with Crippen molar-refractivity contribution in [3.8, 4) is 0 Å². The number of para-hydroxylation sites is 1. The summed E-state index contributed by atoms with van der Waals surface area (Å²) < 4.78 is 5.15. The minimum Gasteiger partial charge on any atom is -0.359 e. The maximum atomic E-state index is 13.0. The SMILES string of the molecule is Cc1cc(CNC(=O)c2cc3ccccc3cc2NC(=O)Nc2c(C)cccc2Cl)on1. The number of fused-ring (bicyclic) bond motifs is 1. The Balaban J connectivity index is 1.60. The van der Waals surface area contributed by atoms with E-state index in [1.807, 2.05) is 43.3 Å². The van der Waals surface area contributed by atoms with Crippen LogP contribution in [0.25, 0.3) is 10.8 Å². The first-order valence-corrected chi connectivity index (χ1v) is 10.3. The van der Waals surface area contributed by atoms with Crippen LogP contribution < -0.4 is 16.0 Å². The van der Waals surface area contributed by atoms with Gasteiger partial charge in [-0.1, -0.05) is 53.2 Å². The molecule has 3 amide bonds. The summed E-state index contributed by atoms with van der Waals surface area (Å²) in [5, 5.41) is 14.4. The number of anilines is 2. The number of hydrogen-bond acceptors (Lipinski definition) is 4. The van der Waals surface area contributed by atoms with Gasteiger partial charge in [0.2, 0.25) is 0 Å². The van der Waals surface area contributed by atoms with E-state index in [-0.39, 0.29) is 12.5 Å². The number of nitrogens with zero attached hydrogens (tertiary/aromatic N) is 1. The van der Waals surface area contributed by atoms with Crippen LogP contribution in [0.3, 0.4) is 0 Å². The van der Waals surface area contributed by atoms with Gasteiger partial charge in [-0.15, -0.1) is 0 Å². The first-order chi connectivity index (χ1) is 15.4. The molecule has 0 aliphatic carbocycles. The third-order valence-corrected chi connectivity index (χ3v) is 5.25. The van der Waals surface area contributed by atoms with Crippen molar-refractivity contribution in [2.45, 2.75) is 20.4 Å². The second-order valence-electron chi connectivity index (χ2n) is 7.37. The van der Waals surface area contributed by atoms with E-state index in [1.54, 1.807) is 31.2 Å². The molecule has 0 aliphatic rings. The lowest BCUT2D eigenvalue weighted by molar-refractivity contribution is 0.0948. The van der Waals surface area contributed by atoms with Gasteiger partial charge in [0.25, 0.3) is 5.91 Å². The number of carbonyl (C=O) groups is 2. The van der Waals surface area contributed by atoms with Crippen molar-refractivity contribution in [2.75, 3.05) is 10.6 Å². The minimum absolute atomic E-state index is 0.178. The quantitative estimate of drug-likeness (QED) is 0.366. The molecular weight excluding hydrogens is 428 g/mol. The smallest absolute Gasteiger partial charge is 0.323 e. The number of benzene rings is 3. The molecular formula is C24H21ClN4O3. The highest BCUT2D eigenvalue weighted by Crippen LogP contribution is 2.27. The van der Waals surface area contributed by atoms with Gasteiger partial charge in [0.1, 0.15) is 0 Å². The maximum absolute atomic E-state index is 13.0. The molecule has 3 aromatic carbocycles. The summed E-state index contributed by atoms with van der Waals surface area (Å²) in [6.45, 7) is 3.83. The third-order valence-electron chi connectivity index (χ3n) is 4.94. The fourth-order valence-electron chi connectivity index (χ4n) is 3.35. The summed E-state index contributed by atoms with van der Waals surface area (Å²) in [4.78, 5) is 25.7. The lowest BCUT2D eigenvalue weighted by Crippen LogP contribution is -2.26. The summed E-state index contributed by atoms with van der Waals surface area (Å²) in [6, 6.07) is 17.7. The lowest BCUT2D eigenvalue weighted by Gasteiger charge is -2.15. The van der Waals surface area contributed by atoms with E-state index in [0.29, 0.717) is 27.7 Å². The average molecular weight is 449 g/mol. The molecule has 0 saturated heterocycles. The molecule has 3 N–H and O–H groups in total. The molecule has 8 heteroatoms. The number of halogens is 1. The van der Waals surface area contributed by atoms with Crippen molar-refractivity contribution in [3.05, 3.63) is 88.3 Å². The van der Waals surface area contributed by atoms with Gasteiger partial charge in [0, 0.05) is 6.07 Å². The van der Waals surface area contributed by atoms with E-state index in [9.17, 15) is 9.59 Å². The first kappa shape index (κ1) is 21.4. The molecule has 0 bridgehead atoms. The Morgan fingerprint density at radius 2 is 1.72 bits per heavy atom. The van der Waals surface area contributed by atoms with Crippen LogP contribution in [0.15, 0.2) is 65.2 Å². The van der Waals surface area contributed by atoms with Crippen molar-refractivity contribution >= 4 is 45.7 Å². The zero-order valence-corrected chi connectivity index (χ0v) is 18.3. The molecule has 162 valence electrons. The number of aromatic nitrogens is 1. The number of amides is 3. The van der Waals surface area contributed by atoms with Crippen LogP contribution >= 0.6 is 11.6 Å². The monoisotopic (exact) mass is 448 g/mol. The number of hydrogen-bond donors (Lipinski definition) is 3. The van der Waals surface area contributed by atoms with Gasteiger partial charge in [-0.25, -0.2) is 4.79 Å². The zero-order valence-electron chi connectivity index (χ0n) is 17.5. The van der Waals surface area contributed by atoms with Crippen LogP contribution in [0.2, 0.25) is 5.02 Å². The second kappa shape index (κ2) is 9.11. The van der Waals surface area contributed by atoms with Gasteiger partial charge in [-0.05, 0) is 48.4 Å². The molecule has 0 radical (unpaired) electrons. The summed E-state index contributed by atoms with van der Waals surface area (Å²) in [6.07, 6.45) is 0. The highest BCUT2D eigenvalue weighted by Gasteiger charge is 2.17. The molecule has 1 aromatic heterocycles. The van der Waals surface area contributed by atoms with Crippen LogP contribution in [0, 0.1) is 13.8 Å². The Labute approximate surface area is 189 Å². The molecule has 0 saturated carbocycles. The van der Waals surface area contributed by atoms with Crippen molar-refractivity contribution in [2.24, 2.45) is 0 Å². The second-order valence-corrected chi connectivity index (χ2v) is 7.78. The van der Waals surface area contributed by atoms with Crippen LogP contribution in [0.5, 0.6) is 0 Å². The van der Waals surface area contributed by atoms with E-state index in [1.165, 1.54) is 0 Å². The predicted molar refractivity (Wildman–Crippen MR) is 125 cm³/mol. The average Bonchev–Trinajstić information content (AvgIpc) is 3.19. The highest BCUT2D eigenvalue weighted by atomic mass is 35.5. The van der Waals surface area contributed by atoms with Crippen molar-refractivity contribution in [3.63, 3.8) is 0 Å². The van der Waals surface area contributed by atoms with Crippen LogP contribution in [0.1, 0.15) is 27.4 Å². The van der Waals surface area contributed by atoms with Crippen molar-refractivity contribution in [1.82, 2.24) is 10.5 Å². The number of carbonyl (C=O) groups excluding carboxylic acids is 2. The van der Waals surface area contributed by atoms with Crippen LogP contribution in [-0.4, -0.2) is 17.1 Å². The van der Waals surface area contributed by atoms with Crippen LogP contribution in [0.4, 0.5) is 16.2 Å². The van der Waals surface area contributed by atoms with Crippen molar-refractivity contribution in [1.29, 1.82) is 0 Å². The van der Waals surface area contributed by atoms with E-state index in [0.717, 1.165) is 22.0 Å². The molecule has 0 atom stereocenters. The number of urea groups is 1. The zero-order chi connectivity index (χ0) is 22.7. The highest BCUT2D eigenvalue weighted by molar-refractivity contribution is 6.34. The molecule has 1 heterocycles. The Hall–Kier alpha value is -3.84. The molecule has 4 aromatic rings. The van der Waals surface area contributed by atoms with Gasteiger partial charge in [-0.3, -0.25) is 4.79 Å². The van der Waals surface area contributed by atoms with Gasteiger partial charge in [-0.2, -0.15) is 0 Å². The predicted octanol–water partition coefficient (Wildman–Crippen LogP) is 5.67. The fourth-order valence-corrected chi connectivity index (χ4v) is 3.62. The van der Waals surface area contributed by atoms with E-state index >= 15 is 0 Å². The Kier molecular flexibility index (Phi) is 6.09. The summed E-state index contributed by atoms with van der Waals surface area (Å²) in [7, 11) is 0. The Morgan fingerprint density at radius 1 is 0.969 bits per heavy atom. The minimum atomic E-state index is -0.503. The largest absolute Gasteiger partial charge is 0.359 e. The van der Waals surface area contributed by atoms with E-state index in [2.05, 4.69) is 21.1 Å². The van der Waals surface area contributed by atoms with E-state index in [4.69, 9.17) is 16.1 Å². The molecule has 0 fully saturated rings.